The van der Waals surface area contributed by atoms with Crippen LogP contribution in [0, 0.1) is 0 Å². The second-order valence-corrected chi connectivity index (χ2v) is 7.91. The van der Waals surface area contributed by atoms with Gasteiger partial charge in [0, 0.05) is 24.5 Å². The molecule has 29 heavy (non-hydrogen) atoms. The molecule has 152 valence electrons. The first-order chi connectivity index (χ1) is 14.3. The summed E-state index contributed by atoms with van der Waals surface area (Å²) in [6, 6.07) is 18.4. The third-order valence-corrected chi connectivity index (χ3v) is 5.67. The molecule has 2 aromatic carbocycles. The first-order valence-corrected chi connectivity index (χ1v) is 10.6. The molecule has 0 radical (unpaired) electrons. The maximum atomic E-state index is 6.61. The normalized spacial score (nSPS) is 16.7. The van der Waals surface area contributed by atoms with E-state index in [0.717, 1.165) is 61.7 Å². The highest BCUT2D eigenvalue weighted by atomic mass is 35.5. The molecule has 4 rings (SSSR count). The van der Waals surface area contributed by atoms with Gasteiger partial charge in [-0.05, 0) is 59.5 Å². The van der Waals surface area contributed by atoms with E-state index >= 15 is 0 Å². The third kappa shape index (κ3) is 5.63. The average molecular weight is 412 g/mol. The Kier molecular flexibility index (Phi) is 6.87. The van der Waals surface area contributed by atoms with Crippen molar-refractivity contribution in [1.82, 2.24) is 25.5 Å². The molecule has 7 heteroatoms. The van der Waals surface area contributed by atoms with E-state index in [0.29, 0.717) is 0 Å². The molecule has 0 saturated carbocycles. The third-order valence-electron chi connectivity index (χ3n) is 5.42. The second-order valence-electron chi connectivity index (χ2n) is 7.47. The summed E-state index contributed by atoms with van der Waals surface area (Å²) in [6.07, 6.45) is 4.21. The number of hydrogen-bond donors (Lipinski definition) is 1. The molecule has 1 unspecified atom stereocenters. The fraction of sp³-hybridized carbons (Fsp3) is 0.409. The Morgan fingerprint density at radius 3 is 2.45 bits per heavy atom. The topological polar surface area (TPSA) is 66.9 Å². The highest BCUT2D eigenvalue weighted by molar-refractivity contribution is 6.30. The molecule has 1 aliphatic heterocycles. The predicted molar refractivity (Wildman–Crippen MR) is 113 cm³/mol. The van der Waals surface area contributed by atoms with Gasteiger partial charge in [0.25, 0.3) is 0 Å². The van der Waals surface area contributed by atoms with Gasteiger partial charge in [0.2, 0.25) is 0 Å². The number of hydrogen-bond acceptors (Lipinski definition) is 5. The summed E-state index contributed by atoms with van der Waals surface area (Å²) in [5.74, 6) is 0.858. The van der Waals surface area contributed by atoms with Gasteiger partial charge in [-0.2, -0.15) is 0 Å². The fourth-order valence-corrected chi connectivity index (χ4v) is 3.96. The second kappa shape index (κ2) is 9.96. The minimum atomic E-state index is -0.0658. The molecule has 1 fully saturated rings. The van der Waals surface area contributed by atoms with Gasteiger partial charge in [0.1, 0.15) is 11.9 Å². The largest absolute Gasteiger partial charge is 0.365 e. The summed E-state index contributed by atoms with van der Waals surface area (Å²) in [5, 5.41) is 14.8. The number of rotatable bonds is 8. The highest BCUT2D eigenvalue weighted by Crippen LogP contribution is 2.30. The number of nitrogens with one attached hydrogen (secondary N) is 1. The zero-order chi connectivity index (χ0) is 19.9. The zero-order valence-corrected chi connectivity index (χ0v) is 17.1. The van der Waals surface area contributed by atoms with Crippen molar-refractivity contribution < 1.29 is 4.74 Å². The van der Waals surface area contributed by atoms with E-state index in [1.807, 2.05) is 18.2 Å². The molecule has 0 bridgehead atoms. The van der Waals surface area contributed by atoms with Crippen molar-refractivity contribution in [2.75, 3.05) is 19.6 Å². The Morgan fingerprint density at radius 1 is 1.03 bits per heavy atom. The number of aromatic nitrogens is 4. The summed E-state index contributed by atoms with van der Waals surface area (Å²) in [7, 11) is 0. The van der Waals surface area contributed by atoms with E-state index in [1.165, 1.54) is 5.56 Å². The number of nitrogens with zero attached hydrogens (tertiary/aromatic N) is 4. The van der Waals surface area contributed by atoms with Crippen molar-refractivity contribution in [3.8, 4) is 0 Å². The van der Waals surface area contributed by atoms with Gasteiger partial charge in [0.05, 0.1) is 6.10 Å². The molecule has 0 amide bonds. The first-order valence-electron chi connectivity index (χ1n) is 10.2. The molecule has 0 spiro atoms. The van der Waals surface area contributed by atoms with Crippen LogP contribution < -0.4 is 0 Å². The monoisotopic (exact) mass is 411 g/mol. The van der Waals surface area contributed by atoms with Crippen molar-refractivity contribution in [1.29, 1.82) is 0 Å². The molecular formula is C22H26ClN5O. The molecule has 1 aromatic heterocycles. The average Bonchev–Trinajstić information content (AvgIpc) is 3.28. The van der Waals surface area contributed by atoms with Crippen LogP contribution in [0.15, 0.2) is 54.6 Å². The number of piperidine rings is 1. The molecule has 1 atom stereocenters. The van der Waals surface area contributed by atoms with E-state index in [9.17, 15) is 0 Å². The van der Waals surface area contributed by atoms with Gasteiger partial charge in [-0.3, -0.25) is 0 Å². The molecule has 6 nitrogen and oxygen atoms in total. The standard InChI is InChI=1S/C22H26ClN5O/c23-19-10-8-18(9-11-19)22(17-5-2-1-3-6-17)29-20-12-15-28(16-13-20)14-4-7-21-24-26-27-25-21/h1-3,5-6,8-11,20,22H,4,7,12-16H2,(H,24,25,26,27). The quantitative estimate of drug-likeness (QED) is 0.605. The Bertz CT molecular complexity index is 849. The lowest BCUT2D eigenvalue weighted by Gasteiger charge is -2.34. The van der Waals surface area contributed by atoms with Gasteiger partial charge < -0.3 is 9.64 Å². The first kappa shape index (κ1) is 20.0. The summed E-state index contributed by atoms with van der Waals surface area (Å²) in [4.78, 5) is 2.50. The number of H-pyrrole nitrogens is 1. The van der Waals surface area contributed by atoms with E-state index in [2.05, 4.69) is 61.9 Å². The van der Waals surface area contributed by atoms with Crippen LogP contribution in [0.1, 0.15) is 42.3 Å². The van der Waals surface area contributed by atoms with E-state index in [1.54, 1.807) is 0 Å². The minimum absolute atomic E-state index is 0.0658. The van der Waals surface area contributed by atoms with Crippen molar-refractivity contribution in [2.45, 2.75) is 37.9 Å². The summed E-state index contributed by atoms with van der Waals surface area (Å²) in [6.45, 7) is 3.18. The molecule has 1 N–H and O–H groups in total. The van der Waals surface area contributed by atoms with Crippen LogP contribution in [-0.4, -0.2) is 51.3 Å². The lowest BCUT2D eigenvalue weighted by Crippen LogP contribution is -2.38. The van der Waals surface area contributed by atoms with Crippen LogP contribution in [0.3, 0.4) is 0 Å². The lowest BCUT2D eigenvalue weighted by atomic mass is 10.00. The SMILES string of the molecule is Clc1ccc(C(OC2CCN(CCCc3nnn[nH]3)CC2)c2ccccc2)cc1. The summed E-state index contributed by atoms with van der Waals surface area (Å²) >= 11 is 6.09. The van der Waals surface area contributed by atoms with E-state index in [-0.39, 0.29) is 12.2 Å². The molecule has 1 saturated heterocycles. The van der Waals surface area contributed by atoms with Crippen molar-refractivity contribution in [3.05, 3.63) is 76.6 Å². The number of aromatic amines is 1. The molecule has 2 heterocycles. The van der Waals surface area contributed by atoms with Crippen molar-refractivity contribution in [3.63, 3.8) is 0 Å². The predicted octanol–water partition coefficient (Wildman–Crippen LogP) is 4.06. The van der Waals surface area contributed by atoms with Crippen LogP contribution in [0.4, 0.5) is 0 Å². The van der Waals surface area contributed by atoms with Crippen LogP contribution in [0.25, 0.3) is 0 Å². The molecule has 3 aromatic rings. The zero-order valence-electron chi connectivity index (χ0n) is 16.4. The maximum Gasteiger partial charge on any atom is 0.148 e. The van der Waals surface area contributed by atoms with E-state index < -0.39 is 0 Å². The van der Waals surface area contributed by atoms with Gasteiger partial charge in [0.15, 0.2) is 0 Å². The van der Waals surface area contributed by atoms with Crippen molar-refractivity contribution in [2.24, 2.45) is 0 Å². The number of tetrazole rings is 1. The molecular weight excluding hydrogens is 386 g/mol. The van der Waals surface area contributed by atoms with Gasteiger partial charge in [-0.25, -0.2) is 5.10 Å². The van der Waals surface area contributed by atoms with Crippen molar-refractivity contribution >= 4 is 11.6 Å². The summed E-state index contributed by atoms with van der Waals surface area (Å²) in [5.41, 5.74) is 2.32. The Balaban J connectivity index is 1.32. The number of aryl methyl sites for hydroxylation is 1. The maximum absolute atomic E-state index is 6.61. The lowest BCUT2D eigenvalue weighted by molar-refractivity contribution is -0.0270. The fourth-order valence-electron chi connectivity index (χ4n) is 3.83. The highest BCUT2D eigenvalue weighted by Gasteiger charge is 2.24. The van der Waals surface area contributed by atoms with Crippen LogP contribution in [-0.2, 0) is 11.2 Å². The van der Waals surface area contributed by atoms with Gasteiger partial charge in [-0.15, -0.1) is 5.10 Å². The minimum Gasteiger partial charge on any atom is -0.365 e. The van der Waals surface area contributed by atoms with Crippen LogP contribution in [0.5, 0.6) is 0 Å². The Morgan fingerprint density at radius 2 is 1.76 bits per heavy atom. The van der Waals surface area contributed by atoms with Gasteiger partial charge in [-0.1, -0.05) is 54.1 Å². The Labute approximate surface area is 176 Å². The number of likely N-dealkylation sites (tertiary alicyclic amines) is 1. The summed E-state index contributed by atoms with van der Waals surface area (Å²) < 4.78 is 6.61. The van der Waals surface area contributed by atoms with E-state index in [4.69, 9.17) is 16.3 Å². The number of halogens is 1. The smallest absolute Gasteiger partial charge is 0.148 e. The Hall–Kier alpha value is -2.28. The van der Waals surface area contributed by atoms with Gasteiger partial charge >= 0.3 is 0 Å². The number of ether oxygens (including phenoxy) is 1. The van der Waals surface area contributed by atoms with Crippen LogP contribution >= 0.6 is 11.6 Å². The number of benzene rings is 2. The molecule has 0 aliphatic carbocycles. The molecule has 1 aliphatic rings. The van der Waals surface area contributed by atoms with Crippen LogP contribution in [0.2, 0.25) is 5.02 Å².